The van der Waals surface area contributed by atoms with Gasteiger partial charge in [-0.1, -0.05) is 0 Å². The molecule has 0 atom stereocenters. The average molecular weight is 309 g/mol. The number of carbonyl (C=O) groups is 1. The number of oxazole rings is 1. The van der Waals surface area contributed by atoms with Crippen LogP contribution < -0.4 is 5.32 Å². The van der Waals surface area contributed by atoms with Crippen LogP contribution in [0.2, 0.25) is 0 Å². The van der Waals surface area contributed by atoms with E-state index in [-0.39, 0.29) is 5.91 Å². The van der Waals surface area contributed by atoms with E-state index in [4.69, 9.17) is 9.15 Å². The summed E-state index contributed by atoms with van der Waals surface area (Å²) in [6.07, 6.45) is 1.67. The van der Waals surface area contributed by atoms with Crippen LogP contribution in [0.1, 0.15) is 6.92 Å². The van der Waals surface area contributed by atoms with Crippen molar-refractivity contribution >= 4 is 22.8 Å². The van der Waals surface area contributed by atoms with E-state index in [1.165, 1.54) is 0 Å². The summed E-state index contributed by atoms with van der Waals surface area (Å²) in [6, 6.07) is 11.1. The van der Waals surface area contributed by atoms with Gasteiger partial charge in [-0.15, -0.1) is 0 Å². The van der Waals surface area contributed by atoms with Gasteiger partial charge in [-0.05, 0) is 43.3 Å². The molecule has 1 fully saturated rings. The minimum atomic E-state index is -0.426. The number of nitrogens with one attached hydrogen (secondary N) is 1. The molecule has 1 N–H and O–H groups in total. The molecule has 0 saturated carbocycles. The molecule has 1 aliphatic heterocycles. The molecule has 1 amide bonds. The maximum Gasteiger partial charge on any atom is 0.247 e. The fourth-order valence-corrected chi connectivity index (χ4v) is 2.41. The van der Waals surface area contributed by atoms with E-state index in [0.29, 0.717) is 24.8 Å². The molecule has 0 unspecified atom stereocenters. The number of fused-ring (bicyclic) bond motifs is 1. The first-order valence-electron chi connectivity index (χ1n) is 7.35. The fraction of sp³-hybridized carbons (Fsp3) is 0.235. The summed E-state index contributed by atoms with van der Waals surface area (Å²) < 4.78 is 10.7. The first-order valence-corrected chi connectivity index (χ1v) is 7.35. The molecule has 23 heavy (non-hydrogen) atoms. The molecular formula is C17H15N3O3. The lowest BCUT2D eigenvalue weighted by Crippen LogP contribution is -2.49. The molecule has 0 bridgehead atoms. The lowest BCUT2D eigenvalue weighted by Gasteiger charge is -2.36. The third kappa shape index (κ3) is 2.47. The number of carbonyl (C=O) groups excluding carboxylic acids is 1. The Labute approximate surface area is 132 Å². The highest BCUT2D eigenvalue weighted by molar-refractivity contribution is 5.96. The number of rotatable bonds is 3. The number of aromatic nitrogens is 2. The number of amides is 1. The lowest BCUT2D eigenvalue weighted by molar-refractivity contribution is -0.151. The first kappa shape index (κ1) is 13.9. The van der Waals surface area contributed by atoms with Crippen molar-refractivity contribution < 1.29 is 13.9 Å². The highest BCUT2D eigenvalue weighted by atomic mass is 16.5. The van der Waals surface area contributed by atoms with E-state index in [0.717, 1.165) is 16.8 Å². The van der Waals surface area contributed by atoms with E-state index in [9.17, 15) is 4.79 Å². The molecule has 0 aliphatic carbocycles. The van der Waals surface area contributed by atoms with Gasteiger partial charge in [0, 0.05) is 17.4 Å². The van der Waals surface area contributed by atoms with Crippen molar-refractivity contribution in [3.8, 4) is 11.5 Å². The maximum atomic E-state index is 12.2. The Morgan fingerprint density at radius 2 is 2.00 bits per heavy atom. The predicted molar refractivity (Wildman–Crippen MR) is 84.8 cm³/mol. The van der Waals surface area contributed by atoms with Gasteiger partial charge in [-0.3, -0.25) is 4.79 Å². The number of anilines is 1. The fourth-order valence-electron chi connectivity index (χ4n) is 2.41. The van der Waals surface area contributed by atoms with Crippen LogP contribution in [0.3, 0.4) is 0 Å². The molecular weight excluding hydrogens is 294 g/mol. The Morgan fingerprint density at radius 3 is 2.65 bits per heavy atom. The Hall–Kier alpha value is -2.73. The number of nitrogens with zero attached hydrogens (tertiary/aromatic N) is 2. The largest absolute Gasteiger partial charge is 0.418 e. The smallest absolute Gasteiger partial charge is 0.247 e. The number of ether oxygens (including phenoxy) is 1. The molecule has 1 saturated heterocycles. The van der Waals surface area contributed by atoms with Crippen molar-refractivity contribution in [3.63, 3.8) is 0 Å². The van der Waals surface area contributed by atoms with E-state index < -0.39 is 5.41 Å². The molecule has 6 nitrogen and oxygen atoms in total. The van der Waals surface area contributed by atoms with Crippen LogP contribution in [-0.2, 0) is 9.53 Å². The summed E-state index contributed by atoms with van der Waals surface area (Å²) in [5, 5.41) is 2.91. The molecule has 4 rings (SSSR count). The molecule has 2 aromatic heterocycles. The molecule has 6 heteroatoms. The summed E-state index contributed by atoms with van der Waals surface area (Å²) in [7, 11) is 0. The van der Waals surface area contributed by atoms with Crippen molar-refractivity contribution in [2.45, 2.75) is 6.92 Å². The normalized spacial score (nSPS) is 16.0. The third-order valence-corrected chi connectivity index (χ3v) is 3.95. The van der Waals surface area contributed by atoms with Crippen LogP contribution >= 0.6 is 0 Å². The van der Waals surface area contributed by atoms with Crippen molar-refractivity contribution in [2.75, 3.05) is 18.5 Å². The van der Waals surface area contributed by atoms with Crippen molar-refractivity contribution in [1.82, 2.24) is 9.97 Å². The molecule has 1 aliphatic rings. The zero-order chi connectivity index (χ0) is 15.9. The topological polar surface area (TPSA) is 77.3 Å². The highest BCUT2D eigenvalue weighted by Gasteiger charge is 2.41. The van der Waals surface area contributed by atoms with Gasteiger partial charge in [-0.2, -0.15) is 0 Å². The predicted octanol–water partition coefficient (Wildman–Crippen LogP) is 2.86. The summed E-state index contributed by atoms with van der Waals surface area (Å²) >= 11 is 0. The molecule has 0 spiro atoms. The number of benzene rings is 1. The Morgan fingerprint density at radius 1 is 1.22 bits per heavy atom. The van der Waals surface area contributed by atoms with Crippen LogP contribution in [0.15, 0.2) is 47.0 Å². The quantitative estimate of drug-likeness (QED) is 0.805. The number of hydrogen-bond acceptors (Lipinski definition) is 5. The van der Waals surface area contributed by atoms with Crippen molar-refractivity contribution in [3.05, 3.63) is 42.6 Å². The lowest BCUT2D eigenvalue weighted by atomic mass is 9.87. The minimum absolute atomic E-state index is 0.0254. The van der Waals surface area contributed by atoms with Gasteiger partial charge < -0.3 is 14.5 Å². The van der Waals surface area contributed by atoms with Crippen LogP contribution in [-0.4, -0.2) is 29.1 Å². The number of pyridine rings is 1. The van der Waals surface area contributed by atoms with Gasteiger partial charge in [0.2, 0.25) is 17.5 Å². The summed E-state index contributed by atoms with van der Waals surface area (Å²) in [6.45, 7) is 2.82. The minimum Gasteiger partial charge on any atom is -0.418 e. The SMILES string of the molecule is CC1(C(=O)Nc2ccc(-c3nc4cccnc4o3)cc2)COC1. The van der Waals surface area contributed by atoms with Gasteiger partial charge in [-0.25, -0.2) is 9.97 Å². The first-order chi connectivity index (χ1) is 11.1. The second-order valence-corrected chi connectivity index (χ2v) is 5.93. The maximum absolute atomic E-state index is 12.2. The van der Waals surface area contributed by atoms with Gasteiger partial charge in [0.05, 0.1) is 18.6 Å². The van der Waals surface area contributed by atoms with Crippen LogP contribution in [0.4, 0.5) is 5.69 Å². The van der Waals surface area contributed by atoms with Crippen LogP contribution in [0, 0.1) is 5.41 Å². The highest BCUT2D eigenvalue weighted by Crippen LogP contribution is 2.29. The molecule has 0 radical (unpaired) electrons. The van der Waals surface area contributed by atoms with Gasteiger partial charge >= 0.3 is 0 Å². The molecule has 3 heterocycles. The zero-order valence-corrected chi connectivity index (χ0v) is 12.6. The molecule has 1 aromatic carbocycles. The summed E-state index contributed by atoms with van der Waals surface area (Å²) in [5.74, 6) is 0.485. The van der Waals surface area contributed by atoms with Crippen LogP contribution in [0.5, 0.6) is 0 Å². The monoisotopic (exact) mass is 309 g/mol. The molecule has 3 aromatic rings. The zero-order valence-electron chi connectivity index (χ0n) is 12.6. The van der Waals surface area contributed by atoms with E-state index in [2.05, 4.69) is 15.3 Å². The third-order valence-electron chi connectivity index (χ3n) is 3.95. The van der Waals surface area contributed by atoms with E-state index in [1.807, 2.05) is 43.3 Å². The van der Waals surface area contributed by atoms with Gasteiger partial charge in [0.25, 0.3) is 0 Å². The summed E-state index contributed by atoms with van der Waals surface area (Å²) in [5.41, 5.74) is 2.38. The Kier molecular flexibility index (Phi) is 3.12. The average Bonchev–Trinajstić information content (AvgIpc) is 2.97. The van der Waals surface area contributed by atoms with Crippen LogP contribution in [0.25, 0.3) is 22.7 Å². The van der Waals surface area contributed by atoms with Gasteiger partial charge in [0.15, 0.2) is 0 Å². The summed E-state index contributed by atoms with van der Waals surface area (Å²) in [4.78, 5) is 20.7. The Bertz CT molecular complexity index is 833. The Balaban J connectivity index is 1.54. The second-order valence-electron chi connectivity index (χ2n) is 5.93. The van der Waals surface area contributed by atoms with Gasteiger partial charge in [0.1, 0.15) is 5.52 Å². The second kappa shape index (κ2) is 5.17. The van der Waals surface area contributed by atoms with E-state index in [1.54, 1.807) is 6.20 Å². The van der Waals surface area contributed by atoms with E-state index >= 15 is 0 Å². The van der Waals surface area contributed by atoms with Crippen molar-refractivity contribution in [1.29, 1.82) is 0 Å². The van der Waals surface area contributed by atoms with Crippen molar-refractivity contribution in [2.24, 2.45) is 5.41 Å². The number of hydrogen-bond donors (Lipinski definition) is 1. The molecule has 116 valence electrons. The standard InChI is InChI=1S/C17H15N3O3/c1-17(9-22-10-17)16(21)19-12-6-4-11(5-7-12)14-20-13-3-2-8-18-15(13)23-14/h2-8H,9-10H2,1H3,(H,19,21).